The third kappa shape index (κ3) is 37.0. The zero-order valence-electron chi connectivity index (χ0n) is 25.8. The first-order valence-electron chi connectivity index (χ1n) is 15.0. The van der Waals surface area contributed by atoms with E-state index in [0.717, 1.165) is 70.6 Å². The average molecular weight is 610 g/mol. The second kappa shape index (κ2) is 34.5. The molecular formula is C28H54NNa2O8P. The summed E-state index contributed by atoms with van der Waals surface area (Å²) in [4.78, 5) is 44.0. The quantitative estimate of drug-likeness (QED) is 0.0370. The summed E-state index contributed by atoms with van der Waals surface area (Å²) in [6.45, 7) is 3.70. The van der Waals surface area contributed by atoms with Crippen molar-refractivity contribution in [3.05, 3.63) is 0 Å². The number of nitrogens with one attached hydrogen (secondary N) is 1. The maximum atomic E-state index is 12.2. The Morgan fingerprint density at radius 2 is 1.25 bits per heavy atom. The van der Waals surface area contributed by atoms with E-state index in [-0.39, 0.29) is 78.0 Å². The van der Waals surface area contributed by atoms with Gasteiger partial charge in [-0.3, -0.25) is 9.59 Å². The normalized spacial score (nSPS) is 11.8. The van der Waals surface area contributed by atoms with Gasteiger partial charge in [-0.15, -0.1) is 0 Å². The smallest absolute Gasteiger partial charge is 0.790 e. The van der Waals surface area contributed by atoms with E-state index < -0.39 is 20.5 Å². The molecule has 0 radical (unpaired) electrons. The molecule has 0 saturated heterocycles. The molecule has 0 amide bonds. The van der Waals surface area contributed by atoms with E-state index in [1.165, 1.54) is 51.4 Å². The van der Waals surface area contributed by atoms with Crippen LogP contribution >= 0.6 is 7.82 Å². The molecule has 0 bridgehead atoms. The Bertz CT molecular complexity index is 599. The minimum atomic E-state index is -5.12. The van der Waals surface area contributed by atoms with E-state index in [9.17, 15) is 23.9 Å². The molecule has 0 spiro atoms. The topological polar surface area (TPSA) is 137 Å². The first-order valence-corrected chi connectivity index (χ1v) is 16.5. The summed E-state index contributed by atoms with van der Waals surface area (Å²) in [6.07, 6.45) is 21.1. The van der Waals surface area contributed by atoms with Crippen molar-refractivity contribution in [1.29, 1.82) is 0 Å². The third-order valence-electron chi connectivity index (χ3n) is 6.51. The summed E-state index contributed by atoms with van der Waals surface area (Å²) in [5.74, 6) is -0.388. The molecule has 226 valence electrons. The number of hydrogen-bond donors (Lipinski definition) is 1. The first kappa shape index (κ1) is 45.4. The van der Waals surface area contributed by atoms with E-state index >= 15 is 0 Å². The SMILES string of the molecule is CCCCCCCCCCCCCC(=O)O[C@@H](CNCCCCCCCCCCOC=O)COP(=O)([O-])[O-].[Na+].[Na+]. The van der Waals surface area contributed by atoms with Crippen LogP contribution in [0.3, 0.4) is 0 Å². The summed E-state index contributed by atoms with van der Waals surface area (Å²) in [6, 6.07) is 0. The molecule has 12 heteroatoms. The molecule has 0 aliphatic rings. The van der Waals surface area contributed by atoms with Gasteiger partial charge >= 0.3 is 65.1 Å². The Kier molecular flexibility index (Phi) is 39.2. The van der Waals surface area contributed by atoms with Gasteiger partial charge in [0.15, 0.2) is 0 Å². The zero-order chi connectivity index (χ0) is 28.2. The van der Waals surface area contributed by atoms with Crippen molar-refractivity contribution in [3.63, 3.8) is 0 Å². The van der Waals surface area contributed by atoms with Crippen LogP contribution in [0.2, 0.25) is 0 Å². The summed E-state index contributed by atoms with van der Waals surface area (Å²) in [7, 11) is -5.12. The Morgan fingerprint density at radius 1 is 0.775 bits per heavy atom. The fourth-order valence-corrected chi connectivity index (χ4v) is 4.64. The number of carbonyl (C=O) groups excluding carboxylic acids is 2. The molecular weight excluding hydrogens is 555 g/mol. The molecule has 1 N–H and O–H groups in total. The maximum absolute atomic E-state index is 12.2. The summed E-state index contributed by atoms with van der Waals surface area (Å²) < 4.78 is 25.3. The molecule has 0 aromatic rings. The Balaban J connectivity index is -0.00000684. The molecule has 0 aliphatic carbocycles. The van der Waals surface area contributed by atoms with E-state index in [2.05, 4.69) is 21.5 Å². The Morgan fingerprint density at radius 3 is 1.75 bits per heavy atom. The molecule has 0 fully saturated rings. The van der Waals surface area contributed by atoms with Crippen molar-refractivity contribution in [2.75, 3.05) is 26.3 Å². The molecule has 0 unspecified atom stereocenters. The minimum Gasteiger partial charge on any atom is -0.790 e. The number of phosphoric ester groups is 1. The molecule has 0 heterocycles. The second-order valence-electron chi connectivity index (χ2n) is 10.1. The number of esters is 1. The number of carbonyl (C=O) groups is 2. The van der Waals surface area contributed by atoms with Crippen LogP contribution in [0.25, 0.3) is 0 Å². The van der Waals surface area contributed by atoms with Crippen LogP contribution in [0.15, 0.2) is 0 Å². The zero-order valence-corrected chi connectivity index (χ0v) is 30.7. The molecule has 1 atom stereocenters. The van der Waals surface area contributed by atoms with Crippen LogP contribution in [-0.4, -0.2) is 44.8 Å². The maximum Gasteiger partial charge on any atom is 1.00 e. The van der Waals surface area contributed by atoms with Crippen molar-refractivity contribution < 1.29 is 97.1 Å². The van der Waals surface area contributed by atoms with Crippen molar-refractivity contribution in [2.45, 2.75) is 141 Å². The number of hydrogen-bond acceptors (Lipinski definition) is 9. The van der Waals surface area contributed by atoms with Crippen LogP contribution in [0.1, 0.15) is 135 Å². The van der Waals surface area contributed by atoms with Crippen molar-refractivity contribution >= 4 is 20.3 Å². The van der Waals surface area contributed by atoms with Crippen LogP contribution in [0.5, 0.6) is 0 Å². The van der Waals surface area contributed by atoms with Crippen LogP contribution in [0.4, 0.5) is 0 Å². The number of unbranched alkanes of at least 4 members (excludes halogenated alkanes) is 17. The molecule has 0 aromatic heterocycles. The van der Waals surface area contributed by atoms with Gasteiger partial charge < -0.3 is 33.7 Å². The van der Waals surface area contributed by atoms with Gasteiger partial charge in [-0.2, -0.15) is 0 Å². The van der Waals surface area contributed by atoms with Gasteiger partial charge in [0.1, 0.15) is 6.10 Å². The number of rotatable bonds is 30. The van der Waals surface area contributed by atoms with E-state index in [1.54, 1.807) is 0 Å². The van der Waals surface area contributed by atoms with Gasteiger partial charge in [-0.1, -0.05) is 110 Å². The van der Waals surface area contributed by atoms with Crippen molar-refractivity contribution in [3.8, 4) is 0 Å². The van der Waals surface area contributed by atoms with Gasteiger partial charge in [0, 0.05) is 13.0 Å². The predicted octanol–water partition coefficient (Wildman–Crippen LogP) is -0.664. The van der Waals surface area contributed by atoms with Crippen LogP contribution in [-0.2, 0) is 28.2 Å². The van der Waals surface area contributed by atoms with Crippen molar-refractivity contribution in [1.82, 2.24) is 5.32 Å². The Hall–Kier alpha value is 1.01. The summed E-state index contributed by atoms with van der Waals surface area (Å²) >= 11 is 0. The summed E-state index contributed by atoms with van der Waals surface area (Å²) in [5.41, 5.74) is 0. The van der Waals surface area contributed by atoms with Crippen molar-refractivity contribution in [2.24, 2.45) is 0 Å². The molecule has 40 heavy (non-hydrogen) atoms. The fraction of sp³-hybridized carbons (Fsp3) is 0.929. The average Bonchev–Trinajstić information content (AvgIpc) is 2.88. The largest absolute Gasteiger partial charge is 1.00 e. The molecule has 9 nitrogen and oxygen atoms in total. The fourth-order valence-electron chi connectivity index (χ4n) is 4.29. The van der Waals surface area contributed by atoms with Gasteiger partial charge in [0.2, 0.25) is 0 Å². The standard InChI is InChI=1S/C28H56NO8P.2Na/c1-2-3-4-5-6-7-8-9-12-15-18-21-28(31)37-27(25-36-38(32,33)34)24-29-22-19-16-13-10-11-14-17-20-23-35-26-30;;/h26-27,29H,2-25H2,1H3,(H2,32,33,34);;/q;2*+1/p-2/t27-;;/m0../s1. The van der Waals surface area contributed by atoms with E-state index in [1.807, 2.05) is 0 Å². The van der Waals surface area contributed by atoms with E-state index in [0.29, 0.717) is 19.6 Å². The third-order valence-corrected chi connectivity index (χ3v) is 6.97. The van der Waals surface area contributed by atoms with Gasteiger partial charge in [0.05, 0.1) is 21.0 Å². The van der Waals surface area contributed by atoms with Crippen LogP contribution in [0, 0.1) is 0 Å². The molecule has 0 rings (SSSR count). The van der Waals surface area contributed by atoms with Crippen LogP contribution < -0.4 is 74.2 Å². The second-order valence-corrected chi connectivity index (χ2v) is 11.3. The minimum absolute atomic E-state index is 0. The molecule has 0 aromatic carbocycles. The molecule has 0 saturated carbocycles. The molecule has 0 aliphatic heterocycles. The predicted molar refractivity (Wildman–Crippen MR) is 146 cm³/mol. The number of phosphoric acid groups is 1. The van der Waals surface area contributed by atoms with E-state index in [4.69, 9.17) is 4.74 Å². The van der Waals surface area contributed by atoms with Gasteiger partial charge in [-0.05, 0) is 25.8 Å². The first-order chi connectivity index (χ1) is 18.4. The Labute approximate surface area is 288 Å². The van der Waals surface area contributed by atoms with Gasteiger partial charge in [0.25, 0.3) is 6.47 Å². The monoisotopic (exact) mass is 609 g/mol. The number of ether oxygens (including phenoxy) is 2. The summed E-state index contributed by atoms with van der Waals surface area (Å²) in [5, 5.41) is 3.18. The van der Waals surface area contributed by atoms with Gasteiger partial charge in [-0.25, -0.2) is 0 Å².